The molecule has 0 radical (unpaired) electrons. The van der Waals surface area contributed by atoms with Crippen molar-refractivity contribution < 1.29 is 9.21 Å². The molecule has 104 valence electrons. The summed E-state index contributed by atoms with van der Waals surface area (Å²) >= 11 is 0. The van der Waals surface area contributed by atoms with Crippen LogP contribution in [0.2, 0.25) is 0 Å². The minimum atomic E-state index is -0.831. The molecule has 1 amide bonds. The summed E-state index contributed by atoms with van der Waals surface area (Å²) in [6, 6.07) is 5.84. The number of nitrogens with one attached hydrogen (secondary N) is 1. The Bertz CT molecular complexity index is 448. The highest BCUT2D eigenvalue weighted by molar-refractivity contribution is 5.79. The molecule has 1 atom stereocenters. The van der Waals surface area contributed by atoms with Crippen molar-refractivity contribution in [2.24, 2.45) is 5.92 Å². The Hall–Kier alpha value is -1.80. The molecule has 1 N–H and O–H groups in total. The van der Waals surface area contributed by atoms with Gasteiger partial charge in [0.15, 0.2) is 0 Å². The van der Waals surface area contributed by atoms with Crippen LogP contribution in [0.25, 0.3) is 0 Å². The Kier molecular flexibility index (Phi) is 5.13. The minimum absolute atomic E-state index is 0.0526. The van der Waals surface area contributed by atoms with Crippen LogP contribution in [-0.4, -0.2) is 29.9 Å². The zero-order valence-electron chi connectivity index (χ0n) is 11.9. The molecule has 1 rings (SSSR count). The first-order valence-electron chi connectivity index (χ1n) is 6.30. The van der Waals surface area contributed by atoms with Gasteiger partial charge in [-0.1, -0.05) is 13.8 Å². The van der Waals surface area contributed by atoms with Crippen molar-refractivity contribution in [2.45, 2.75) is 32.9 Å². The molecule has 0 fully saturated rings. The first kappa shape index (κ1) is 15.3. The smallest absolute Gasteiger partial charge is 0.235 e. The molecule has 0 saturated carbocycles. The van der Waals surface area contributed by atoms with Crippen LogP contribution in [0.4, 0.5) is 0 Å². The van der Waals surface area contributed by atoms with Crippen molar-refractivity contribution >= 4 is 5.91 Å². The first-order valence-corrected chi connectivity index (χ1v) is 6.30. The van der Waals surface area contributed by atoms with Crippen molar-refractivity contribution in [1.82, 2.24) is 10.2 Å². The summed E-state index contributed by atoms with van der Waals surface area (Å²) in [5, 5.41) is 11.9. The second kappa shape index (κ2) is 6.39. The van der Waals surface area contributed by atoms with Crippen LogP contribution in [0.1, 0.15) is 26.5 Å². The van der Waals surface area contributed by atoms with Crippen LogP contribution < -0.4 is 5.32 Å². The molecule has 0 spiro atoms. The van der Waals surface area contributed by atoms with E-state index in [4.69, 9.17) is 9.68 Å². The predicted octanol–water partition coefficient (Wildman–Crippen LogP) is 1.77. The van der Waals surface area contributed by atoms with Crippen LogP contribution in [0.15, 0.2) is 22.8 Å². The Balaban J connectivity index is 2.49. The van der Waals surface area contributed by atoms with E-state index in [-0.39, 0.29) is 18.4 Å². The highest BCUT2D eigenvalue weighted by Crippen LogP contribution is 2.15. The number of carbonyl (C=O) groups excluding carboxylic acids is 1. The monoisotopic (exact) mass is 263 g/mol. The topological polar surface area (TPSA) is 69.3 Å². The fourth-order valence-corrected chi connectivity index (χ4v) is 1.60. The Morgan fingerprint density at radius 3 is 2.79 bits per heavy atom. The van der Waals surface area contributed by atoms with Crippen LogP contribution in [0.3, 0.4) is 0 Å². The largest absolute Gasteiger partial charge is 0.468 e. The predicted molar refractivity (Wildman–Crippen MR) is 72.0 cm³/mol. The van der Waals surface area contributed by atoms with Gasteiger partial charge in [0.2, 0.25) is 5.91 Å². The van der Waals surface area contributed by atoms with Crippen LogP contribution >= 0.6 is 0 Å². The number of nitrogens with zero attached hydrogens (tertiary/aromatic N) is 2. The van der Waals surface area contributed by atoms with Crippen molar-refractivity contribution in [1.29, 1.82) is 5.26 Å². The first-order chi connectivity index (χ1) is 8.87. The van der Waals surface area contributed by atoms with Crippen molar-refractivity contribution in [3.05, 3.63) is 24.2 Å². The van der Waals surface area contributed by atoms with E-state index >= 15 is 0 Å². The minimum Gasteiger partial charge on any atom is -0.468 e. The van der Waals surface area contributed by atoms with E-state index in [0.29, 0.717) is 6.54 Å². The number of carbonyl (C=O) groups is 1. The fourth-order valence-electron chi connectivity index (χ4n) is 1.60. The zero-order valence-corrected chi connectivity index (χ0v) is 11.9. The molecule has 1 aromatic rings. The molecular formula is C14H21N3O2. The molecule has 0 bridgehead atoms. The molecular weight excluding hydrogens is 242 g/mol. The highest BCUT2D eigenvalue weighted by atomic mass is 16.3. The van der Waals surface area contributed by atoms with Gasteiger partial charge in [0, 0.05) is 0 Å². The second-order valence-corrected chi connectivity index (χ2v) is 5.27. The molecule has 0 aliphatic heterocycles. The van der Waals surface area contributed by atoms with Gasteiger partial charge in [-0.25, -0.2) is 0 Å². The van der Waals surface area contributed by atoms with Gasteiger partial charge in [0.1, 0.15) is 11.3 Å². The highest BCUT2D eigenvalue weighted by Gasteiger charge is 2.30. The zero-order chi connectivity index (χ0) is 14.5. The standard InChI is InChI=1S/C14H21N3O2/c1-11(2)14(3,10-15)16-13(18)9-17(4)8-12-6-5-7-19-12/h5-7,11H,8-9H2,1-4H3,(H,16,18)/t14-/m0/s1. The molecule has 0 aliphatic carbocycles. The average molecular weight is 263 g/mol. The lowest BCUT2D eigenvalue weighted by molar-refractivity contribution is -0.123. The lowest BCUT2D eigenvalue weighted by Crippen LogP contribution is -2.51. The summed E-state index contributed by atoms with van der Waals surface area (Å²) in [5.41, 5.74) is -0.831. The van der Waals surface area contributed by atoms with Gasteiger partial charge in [-0.3, -0.25) is 9.69 Å². The van der Waals surface area contributed by atoms with Crippen LogP contribution in [-0.2, 0) is 11.3 Å². The fraction of sp³-hybridized carbons (Fsp3) is 0.571. The third-order valence-electron chi connectivity index (χ3n) is 3.21. The maximum atomic E-state index is 11.9. The summed E-state index contributed by atoms with van der Waals surface area (Å²) in [7, 11) is 1.83. The Morgan fingerprint density at radius 1 is 1.63 bits per heavy atom. The summed E-state index contributed by atoms with van der Waals surface area (Å²) < 4.78 is 5.22. The van der Waals surface area contributed by atoms with E-state index in [9.17, 15) is 4.79 Å². The number of hydrogen-bond donors (Lipinski definition) is 1. The van der Waals surface area contributed by atoms with Gasteiger partial charge >= 0.3 is 0 Å². The van der Waals surface area contributed by atoms with E-state index in [1.54, 1.807) is 13.2 Å². The van der Waals surface area contributed by atoms with Crippen molar-refractivity contribution in [2.75, 3.05) is 13.6 Å². The normalized spacial score (nSPS) is 14.2. The van der Waals surface area contributed by atoms with E-state index in [1.807, 2.05) is 37.9 Å². The lowest BCUT2D eigenvalue weighted by Gasteiger charge is -2.28. The molecule has 1 heterocycles. The van der Waals surface area contributed by atoms with E-state index in [2.05, 4.69) is 11.4 Å². The van der Waals surface area contributed by atoms with Crippen LogP contribution in [0, 0.1) is 17.2 Å². The number of hydrogen-bond acceptors (Lipinski definition) is 4. The average Bonchev–Trinajstić information content (AvgIpc) is 2.80. The Morgan fingerprint density at radius 2 is 2.32 bits per heavy atom. The number of amides is 1. The van der Waals surface area contributed by atoms with E-state index in [1.165, 1.54) is 0 Å². The second-order valence-electron chi connectivity index (χ2n) is 5.27. The quantitative estimate of drug-likeness (QED) is 0.849. The van der Waals surface area contributed by atoms with Gasteiger partial charge in [-0.05, 0) is 32.0 Å². The molecule has 5 heteroatoms. The maximum absolute atomic E-state index is 11.9. The molecule has 5 nitrogen and oxygen atoms in total. The van der Waals surface area contributed by atoms with Gasteiger partial charge in [0.25, 0.3) is 0 Å². The van der Waals surface area contributed by atoms with Gasteiger partial charge < -0.3 is 9.73 Å². The number of rotatable bonds is 6. The summed E-state index contributed by atoms with van der Waals surface area (Å²) in [5.74, 6) is 0.700. The summed E-state index contributed by atoms with van der Waals surface area (Å²) in [6.45, 7) is 6.35. The van der Waals surface area contributed by atoms with E-state index < -0.39 is 5.54 Å². The molecule has 0 aromatic carbocycles. The Labute approximate surface area is 114 Å². The summed E-state index contributed by atoms with van der Waals surface area (Å²) in [6.07, 6.45) is 1.61. The van der Waals surface area contributed by atoms with Gasteiger partial charge in [0.05, 0.1) is 25.4 Å². The SMILES string of the molecule is CC(C)[C@](C)(C#N)NC(=O)CN(C)Cc1ccco1. The lowest BCUT2D eigenvalue weighted by atomic mass is 9.90. The van der Waals surface area contributed by atoms with Crippen molar-refractivity contribution in [3.8, 4) is 6.07 Å². The third kappa shape index (κ3) is 4.42. The number of likely N-dealkylation sites (N-methyl/N-ethyl adjacent to an activating group) is 1. The molecule has 1 aromatic heterocycles. The third-order valence-corrected chi connectivity index (χ3v) is 3.21. The van der Waals surface area contributed by atoms with E-state index in [0.717, 1.165) is 5.76 Å². The number of nitriles is 1. The maximum Gasteiger partial charge on any atom is 0.235 e. The van der Waals surface area contributed by atoms with Gasteiger partial charge in [-0.2, -0.15) is 5.26 Å². The number of furan rings is 1. The van der Waals surface area contributed by atoms with Crippen molar-refractivity contribution in [3.63, 3.8) is 0 Å². The van der Waals surface area contributed by atoms with Crippen LogP contribution in [0.5, 0.6) is 0 Å². The molecule has 0 unspecified atom stereocenters. The van der Waals surface area contributed by atoms with Gasteiger partial charge in [-0.15, -0.1) is 0 Å². The molecule has 19 heavy (non-hydrogen) atoms. The summed E-state index contributed by atoms with van der Waals surface area (Å²) in [4.78, 5) is 13.8. The molecule has 0 saturated heterocycles. The molecule has 0 aliphatic rings.